The molecule has 1 saturated heterocycles. The second-order valence-corrected chi connectivity index (χ2v) is 4.48. The highest BCUT2D eigenvalue weighted by atomic mass is 19.1. The summed E-state index contributed by atoms with van der Waals surface area (Å²) in [5.41, 5.74) is 2.12. The Hall–Kier alpha value is -0.930. The molecule has 1 aromatic carbocycles. The zero-order valence-corrected chi connectivity index (χ0v) is 9.80. The monoisotopic (exact) mass is 222 g/mol. The molecule has 0 aliphatic carbocycles. The molecule has 0 amide bonds. The molecule has 0 aromatic heterocycles. The molecule has 0 atom stereocenters. The molecule has 0 spiro atoms. The molecule has 2 nitrogen and oxygen atoms in total. The number of benzene rings is 1. The van der Waals surface area contributed by atoms with Crippen LogP contribution in [0.25, 0.3) is 0 Å². The summed E-state index contributed by atoms with van der Waals surface area (Å²) in [4.78, 5) is 2.43. The number of nitrogens with zero attached hydrogens (tertiary/aromatic N) is 1. The van der Waals surface area contributed by atoms with Crippen LogP contribution < -0.4 is 5.32 Å². The third-order valence-corrected chi connectivity index (χ3v) is 3.03. The van der Waals surface area contributed by atoms with Crippen LogP contribution in [-0.2, 0) is 6.42 Å². The topological polar surface area (TPSA) is 15.3 Å². The fourth-order valence-electron chi connectivity index (χ4n) is 2.18. The Balaban J connectivity index is 1.88. The molecule has 1 heterocycles. The van der Waals surface area contributed by atoms with E-state index in [1.54, 1.807) is 12.1 Å². The van der Waals surface area contributed by atoms with Gasteiger partial charge in [-0.25, -0.2) is 4.39 Å². The van der Waals surface area contributed by atoms with Crippen LogP contribution in [0.2, 0.25) is 0 Å². The van der Waals surface area contributed by atoms with Gasteiger partial charge in [-0.3, -0.25) is 0 Å². The zero-order chi connectivity index (χ0) is 11.4. The maximum atomic E-state index is 13.2. The number of aryl methyl sites for hydroxylation is 1. The lowest BCUT2D eigenvalue weighted by molar-refractivity contribution is 0.244. The first-order valence-electron chi connectivity index (χ1n) is 5.93. The molecule has 1 fully saturated rings. The van der Waals surface area contributed by atoms with Crippen LogP contribution in [0.3, 0.4) is 0 Å². The minimum Gasteiger partial charge on any atom is -0.314 e. The summed E-state index contributed by atoms with van der Waals surface area (Å²) < 4.78 is 13.2. The van der Waals surface area contributed by atoms with Crippen molar-refractivity contribution in [1.29, 1.82) is 0 Å². The number of nitrogens with one attached hydrogen (secondary N) is 1. The summed E-state index contributed by atoms with van der Waals surface area (Å²) in [5.74, 6) is -0.115. The number of piperazine rings is 1. The zero-order valence-electron chi connectivity index (χ0n) is 9.80. The van der Waals surface area contributed by atoms with Crippen LogP contribution in [0.15, 0.2) is 18.2 Å². The Labute approximate surface area is 96.5 Å². The van der Waals surface area contributed by atoms with Crippen molar-refractivity contribution in [3.63, 3.8) is 0 Å². The number of rotatable bonds is 3. The third-order valence-electron chi connectivity index (χ3n) is 3.03. The van der Waals surface area contributed by atoms with E-state index in [9.17, 15) is 4.39 Å². The predicted octanol–water partition coefficient (Wildman–Crippen LogP) is 1.58. The molecule has 16 heavy (non-hydrogen) atoms. The van der Waals surface area contributed by atoms with Crippen molar-refractivity contribution in [3.05, 3.63) is 35.1 Å². The normalized spacial score (nSPS) is 17.6. The molecule has 1 aliphatic rings. The standard InChI is InChI=1S/C13H19FN2/c1-11-8-12(10-13(14)9-11)2-5-16-6-3-15-4-7-16/h8-10,15H,2-7H2,1H3. The van der Waals surface area contributed by atoms with Gasteiger partial charge in [0.25, 0.3) is 0 Å². The van der Waals surface area contributed by atoms with E-state index < -0.39 is 0 Å². The first kappa shape index (κ1) is 11.6. The highest BCUT2D eigenvalue weighted by Gasteiger charge is 2.09. The van der Waals surface area contributed by atoms with Crippen molar-refractivity contribution < 1.29 is 4.39 Å². The molecule has 1 aromatic rings. The molecule has 0 unspecified atom stereocenters. The van der Waals surface area contributed by atoms with Gasteiger partial charge >= 0.3 is 0 Å². The van der Waals surface area contributed by atoms with E-state index in [1.807, 2.05) is 6.92 Å². The van der Waals surface area contributed by atoms with Gasteiger partial charge in [-0.15, -0.1) is 0 Å². The fraction of sp³-hybridized carbons (Fsp3) is 0.538. The van der Waals surface area contributed by atoms with E-state index >= 15 is 0 Å². The largest absolute Gasteiger partial charge is 0.314 e. The Bertz CT molecular complexity index is 326. The van der Waals surface area contributed by atoms with Crippen molar-refractivity contribution in [1.82, 2.24) is 10.2 Å². The van der Waals surface area contributed by atoms with Crippen molar-refractivity contribution in [2.24, 2.45) is 0 Å². The summed E-state index contributed by atoms with van der Waals surface area (Å²) in [7, 11) is 0. The van der Waals surface area contributed by atoms with E-state index in [2.05, 4.69) is 16.3 Å². The molecule has 2 rings (SSSR count). The van der Waals surface area contributed by atoms with Gasteiger partial charge in [0.15, 0.2) is 0 Å². The van der Waals surface area contributed by atoms with Gasteiger partial charge < -0.3 is 10.2 Å². The SMILES string of the molecule is Cc1cc(F)cc(CCN2CCNCC2)c1. The molecule has 0 bridgehead atoms. The second-order valence-electron chi connectivity index (χ2n) is 4.48. The molecule has 0 saturated carbocycles. The predicted molar refractivity (Wildman–Crippen MR) is 64.2 cm³/mol. The van der Waals surface area contributed by atoms with Crippen LogP contribution in [0, 0.1) is 12.7 Å². The Morgan fingerprint density at radius 2 is 2.00 bits per heavy atom. The number of halogens is 1. The molecular weight excluding hydrogens is 203 g/mol. The maximum Gasteiger partial charge on any atom is 0.123 e. The third kappa shape index (κ3) is 3.29. The molecule has 1 N–H and O–H groups in total. The first-order valence-corrected chi connectivity index (χ1v) is 5.93. The summed E-state index contributed by atoms with van der Waals surface area (Å²) in [6.07, 6.45) is 0.943. The van der Waals surface area contributed by atoms with Gasteiger partial charge in [-0.1, -0.05) is 6.07 Å². The van der Waals surface area contributed by atoms with E-state index in [-0.39, 0.29) is 5.82 Å². The molecule has 3 heteroatoms. The van der Waals surface area contributed by atoms with Gasteiger partial charge in [-0.05, 0) is 36.6 Å². The average Bonchev–Trinajstić information content (AvgIpc) is 2.27. The van der Waals surface area contributed by atoms with Crippen molar-refractivity contribution in [3.8, 4) is 0 Å². The van der Waals surface area contributed by atoms with Crippen LogP contribution in [0.5, 0.6) is 0 Å². The van der Waals surface area contributed by atoms with Crippen molar-refractivity contribution >= 4 is 0 Å². The maximum absolute atomic E-state index is 13.2. The number of hydrogen-bond acceptors (Lipinski definition) is 2. The summed E-state index contributed by atoms with van der Waals surface area (Å²) in [6.45, 7) is 7.33. The van der Waals surface area contributed by atoms with Gasteiger partial charge in [0, 0.05) is 32.7 Å². The van der Waals surface area contributed by atoms with Crippen LogP contribution in [0.1, 0.15) is 11.1 Å². The van der Waals surface area contributed by atoms with Gasteiger partial charge in [0.2, 0.25) is 0 Å². The molecular formula is C13H19FN2. The minimum absolute atomic E-state index is 0.115. The van der Waals surface area contributed by atoms with Gasteiger partial charge in [0.1, 0.15) is 5.82 Å². The number of hydrogen-bond donors (Lipinski definition) is 1. The van der Waals surface area contributed by atoms with Gasteiger partial charge in [-0.2, -0.15) is 0 Å². The smallest absolute Gasteiger partial charge is 0.123 e. The highest BCUT2D eigenvalue weighted by molar-refractivity contribution is 5.23. The van der Waals surface area contributed by atoms with Crippen LogP contribution >= 0.6 is 0 Å². The van der Waals surface area contributed by atoms with E-state index in [1.165, 1.54) is 0 Å². The summed E-state index contributed by atoms with van der Waals surface area (Å²) >= 11 is 0. The van der Waals surface area contributed by atoms with Crippen LogP contribution in [-0.4, -0.2) is 37.6 Å². The fourth-order valence-corrected chi connectivity index (χ4v) is 2.18. The second kappa shape index (κ2) is 5.41. The van der Waals surface area contributed by atoms with Gasteiger partial charge in [0.05, 0.1) is 0 Å². The van der Waals surface area contributed by atoms with Crippen molar-refractivity contribution in [2.75, 3.05) is 32.7 Å². The van der Waals surface area contributed by atoms with E-state index in [0.717, 1.165) is 50.3 Å². The lowest BCUT2D eigenvalue weighted by Gasteiger charge is -2.27. The summed E-state index contributed by atoms with van der Waals surface area (Å²) in [6, 6.07) is 5.30. The van der Waals surface area contributed by atoms with E-state index in [4.69, 9.17) is 0 Å². The Kier molecular flexibility index (Phi) is 3.91. The van der Waals surface area contributed by atoms with Crippen LogP contribution in [0.4, 0.5) is 4.39 Å². The minimum atomic E-state index is -0.115. The lowest BCUT2D eigenvalue weighted by atomic mass is 10.1. The Morgan fingerprint density at radius 3 is 2.69 bits per heavy atom. The molecule has 0 radical (unpaired) electrons. The van der Waals surface area contributed by atoms with E-state index in [0.29, 0.717) is 0 Å². The quantitative estimate of drug-likeness (QED) is 0.835. The average molecular weight is 222 g/mol. The van der Waals surface area contributed by atoms with Crippen molar-refractivity contribution in [2.45, 2.75) is 13.3 Å². The molecule has 88 valence electrons. The summed E-state index contributed by atoms with van der Waals surface area (Å²) in [5, 5.41) is 3.33. The lowest BCUT2D eigenvalue weighted by Crippen LogP contribution is -2.44. The first-order chi connectivity index (χ1) is 7.74. The Morgan fingerprint density at radius 1 is 1.25 bits per heavy atom. The molecule has 1 aliphatic heterocycles. The highest BCUT2D eigenvalue weighted by Crippen LogP contribution is 2.09.